The Labute approximate surface area is 59.6 Å². The van der Waals surface area contributed by atoms with E-state index >= 15 is 0 Å². The highest BCUT2D eigenvalue weighted by Gasteiger charge is 2.07. The number of hydrogen-bond acceptors (Lipinski definition) is 0. The van der Waals surface area contributed by atoms with Crippen molar-refractivity contribution in [3.63, 3.8) is 0 Å². The van der Waals surface area contributed by atoms with Gasteiger partial charge in [0.1, 0.15) is 0 Å². The summed E-state index contributed by atoms with van der Waals surface area (Å²) in [5.41, 5.74) is 0. The van der Waals surface area contributed by atoms with Crippen LogP contribution in [0.3, 0.4) is 0 Å². The summed E-state index contributed by atoms with van der Waals surface area (Å²) in [6.45, 7) is 0. The van der Waals surface area contributed by atoms with Crippen molar-refractivity contribution < 1.29 is 23.0 Å². The Bertz CT molecular complexity index is 211. The second-order valence-corrected chi connectivity index (χ2v) is 1.68. The molecule has 0 heterocycles. The largest absolute Gasteiger partial charge is 0.412 e. The van der Waals surface area contributed by atoms with Crippen LogP contribution < -0.4 is 0 Å². The SMILES string of the molecule is Fc1cc(F)c(F)cc1F.O. The normalized spacial score (nSPS) is 9.09. The third kappa shape index (κ3) is 1.91. The van der Waals surface area contributed by atoms with Gasteiger partial charge in [-0.2, -0.15) is 0 Å². The molecule has 1 nitrogen and oxygen atoms in total. The number of rotatable bonds is 0. The van der Waals surface area contributed by atoms with Gasteiger partial charge in [0.15, 0.2) is 23.3 Å². The van der Waals surface area contributed by atoms with Gasteiger partial charge in [0, 0.05) is 12.1 Å². The van der Waals surface area contributed by atoms with E-state index in [4.69, 9.17) is 0 Å². The lowest BCUT2D eigenvalue weighted by molar-refractivity contribution is 0.454. The predicted octanol–water partition coefficient (Wildman–Crippen LogP) is 1.42. The van der Waals surface area contributed by atoms with E-state index in [0.717, 1.165) is 0 Å². The monoisotopic (exact) mass is 168 g/mol. The van der Waals surface area contributed by atoms with Crippen molar-refractivity contribution in [1.82, 2.24) is 0 Å². The van der Waals surface area contributed by atoms with Crippen LogP contribution in [-0.2, 0) is 0 Å². The van der Waals surface area contributed by atoms with Crippen LogP contribution in [0.5, 0.6) is 0 Å². The van der Waals surface area contributed by atoms with Crippen LogP contribution >= 0.6 is 0 Å². The van der Waals surface area contributed by atoms with E-state index in [2.05, 4.69) is 0 Å². The van der Waals surface area contributed by atoms with Gasteiger partial charge in [0.05, 0.1) is 0 Å². The van der Waals surface area contributed by atoms with E-state index < -0.39 is 23.3 Å². The zero-order chi connectivity index (χ0) is 7.72. The van der Waals surface area contributed by atoms with Crippen LogP contribution in [0.15, 0.2) is 12.1 Å². The highest BCUT2D eigenvalue weighted by atomic mass is 19.2. The zero-order valence-corrected chi connectivity index (χ0v) is 5.17. The molecule has 0 aliphatic carbocycles. The summed E-state index contributed by atoms with van der Waals surface area (Å²) < 4.78 is 47.9. The van der Waals surface area contributed by atoms with Gasteiger partial charge in [-0.05, 0) is 0 Å². The fraction of sp³-hybridized carbons (Fsp3) is 0. The minimum atomic E-state index is -1.39. The molecule has 0 saturated heterocycles. The van der Waals surface area contributed by atoms with Gasteiger partial charge in [0.2, 0.25) is 0 Å². The topological polar surface area (TPSA) is 31.5 Å². The highest BCUT2D eigenvalue weighted by molar-refractivity contribution is 5.10. The molecule has 0 saturated carbocycles. The van der Waals surface area contributed by atoms with E-state index in [9.17, 15) is 17.6 Å². The average molecular weight is 168 g/mol. The Morgan fingerprint density at radius 3 is 1.00 bits per heavy atom. The molecular weight excluding hydrogens is 164 g/mol. The van der Waals surface area contributed by atoms with Gasteiger partial charge >= 0.3 is 0 Å². The van der Waals surface area contributed by atoms with Crippen LogP contribution in [0.4, 0.5) is 17.6 Å². The van der Waals surface area contributed by atoms with E-state index in [-0.39, 0.29) is 17.6 Å². The first kappa shape index (κ1) is 9.90. The Balaban J connectivity index is 0.000001000. The molecule has 2 N–H and O–H groups in total. The minimum absolute atomic E-state index is 0. The van der Waals surface area contributed by atoms with Gasteiger partial charge in [-0.25, -0.2) is 17.6 Å². The minimum Gasteiger partial charge on any atom is -0.412 e. The molecule has 0 radical (unpaired) electrons. The third-order valence-corrected chi connectivity index (χ3v) is 0.963. The van der Waals surface area contributed by atoms with Crippen molar-refractivity contribution in [2.75, 3.05) is 0 Å². The summed E-state index contributed by atoms with van der Waals surface area (Å²) in [6.07, 6.45) is 0. The lowest BCUT2D eigenvalue weighted by Crippen LogP contribution is -1.90. The third-order valence-electron chi connectivity index (χ3n) is 0.963. The van der Waals surface area contributed by atoms with Crippen LogP contribution in [0, 0.1) is 23.3 Å². The number of benzene rings is 1. The van der Waals surface area contributed by atoms with Gasteiger partial charge in [-0.1, -0.05) is 0 Å². The van der Waals surface area contributed by atoms with Crippen molar-refractivity contribution >= 4 is 0 Å². The summed E-state index contributed by atoms with van der Waals surface area (Å²) in [5.74, 6) is -5.56. The molecule has 0 aromatic heterocycles. The van der Waals surface area contributed by atoms with Crippen LogP contribution in [-0.4, -0.2) is 5.48 Å². The van der Waals surface area contributed by atoms with Crippen molar-refractivity contribution in [2.45, 2.75) is 0 Å². The smallest absolute Gasteiger partial charge is 0.161 e. The molecule has 62 valence electrons. The van der Waals surface area contributed by atoms with E-state index in [1.165, 1.54) is 0 Å². The molecule has 0 amide bonds. The maximum Gasteiger partial charge on any atom is 0.161 e. The quantitative estimate of drug-likeness (QED) is 0.414. The molecule has 1 aromatic rings. The fourth-order valence-corrected chi connectivity index (χ4v) is 0.498. The zero-order valence-electron chi connectivity index (χ0n) is 5.17. The van der Waals surface area contributed by atoms with Crippen LogP contribution in [0.1, 0.15) is 0 Å². The molecule has 0 aliphatic heterocycles. The molecular formula is C6H4F4O. The predicted molar refractivity (Wildman–Crippen MR) is 29.9 cm³/mol. The second-order valence-electron chi connectivity index (χ2n) is 1.68. The van der Waals surface area contributed by atoms with Crippen LogP contribution in [0.25, 0.3) is 0 Å². The van der Waals surface area contributed by atoms with Crippen molar-refractivity contribution in [2.24, 2.45) is 0 Å². The Hall–Kier alpha value is -1.10. The summed E-state index contributed by atoms with van der Waals surface area (Å²) in [7, 11) is 0. The molecule has 0 spiro atoms. The maximum atomic E-state index is 12.0. The van der Waals surface area contributed by atoms with Gasteiger partial charge in [-0.15, -0.1) is 0 Å². The second kappa shape index (κ2) is 3.34. The summed E-state index contributed by atoms with van der Waals surface area (Å²) in [4.78, 5) is 0. The first-order chi connectivity index (χ1) is 4.61. The van der Waals surface area contributed by atoms with Crippen molar-refractivity contribution in [3.8, 4) is 0 Å². The molecule has 0 aliphatic rings. The Morgan fingerprint density at radius 2 is 0.818 bits per heavy atom. The molecule has 11 heavy (non-hydrogen) atoms. The molecule has 1 aromatic carbocycles. The lowest BCUT2D eigenvalue weighted by atomic mass is 10.3. The average Bonchev–Trinajstić information content (AvgIpc) is 1.84. The standard InChI is InChI=1S/C6H2F4.H2O/c7-3-1-4(8)6(10)2-5(3)9;/h1-2H;1H2. The Kier molecular flexibility index (Phi) is 3.00. The van der Waals surface area contributed by atoms with Gasteiger partial charge < -0.3 is 5.48 Å². The summed E-state index contributed by atoms with van der Waals surface area (Å²) in [5, 5.41) is 0. The number of halogens is 4. The van der Waals surface area contributed by atoms with E-state index in [1.807, 2.05) is 0 Å². The number of hydrogen-bond donors (Lipinski definition) is 0. The highest BCUT2D eigenvalue weighted by Crippen LogP contribution is 2.11. The molecule has 0 fully saturated rings. The van der Waals surface area contributed by atoms with E-state index in [1.54, 1.807) is 0 Å². The molecule has 5 heteroatoms. The van der Waals surface area contributed by atoms with Gasteiger partial charge in [0.25, 0.3) is 0 Å². The Morgan fingerprint density at radius 1 is 0.636 bits per heavy atom. The van der Waals surface area contributed by atoms with Crippen LogP contribution in [0.2, 0.25) is 0 Å². The van der Waals surface area contributed by atoms with Crippen molar-refractivity contribution in [3.05, 3.63) is 35.4 Å². The lowest BCUT2D eigenvalue weighted by Gasteiger charge is -1.92. The first-order valence-corrected chi connectivity index (χ1v) is 2.41. The summed E-state index contributed by atoms with van der Waals surface area (Å²) >= 11 is 0. The maximum absolute atomic E-state index is 12.0. The van der Waals surface area contributed by atoms with Gasteiger partial charge in [-0.3, -0.25) is 0 Å². The fourth-order valence-electron chi connectivity index (χ4n) is 0.498. The molecule has 1 rings (SSSR count). The molecule has 0 unspecified atom stereocenters. The first-order valence-electron chi connectivity index (χ1n) is 2.41. The molecule has 0 bridgehead atoms. The molecule has 0 atom stereocenters. The van der Waals surface area contributed by atoms with E-state index in [0.29, 0.717) is 0 Å². The summed E-state index contributed by atoms with van der Waals surface area (Å²) in [6, 6.07) is 0.315. The van der Waals surface area contributed by atoms with Crippen molar-refractivity contribution in [1.29, 1.82) is 0 Å².